The molecule has 0 radical (unpaired) electrons. The van der Waals surface area contributed by atoms with Crippen molar-refractivity contribution in [3.8, 4) is 17.2 Å². The van der Waals surface area contributed by atoms with Gasteiger partial charge in [-0.25, -0.2) is 23.6 Å². The van der Waals surface area contributed by atoms with Gasteiger partial charge in [0.05, 0.1) is 44.6 Å². The third-order valence-corrected chi connectivity index (χ3v) is 10.6. The first-order valence-electron chi connectivity index (χ1n) is 18.5. The summed E-state index contributed by atoms with van der Waals surface area (Å²) in [5, 5.41) is 9.15. The zero-order valence-corrected chi connectivity index (χ0v) is 32.8. The number of methoxy groups -OCH3 is 3. The number of aromatic carboxylic acids is 1. The maximum Gasteiger partial charge on any atom is 0.341 e. The maximum absolute atomic E-state index is 16.2. The Morgan fingerprint density at radius 3 is 2.40 bits per heavy atom. The fourth-order valence-corrected chi connectivity index (χ4v) is 7.59. The van der Waals surface area contributed by atoms with Crippen LogP contribution in [0.3, 0.4) is 0 Å². The minimum absolute atomic E-state index is 0.0119. The highest BCUT2D eigenvalue weighted by Gasteiger charge is 2.38. The lowest BCUT2D eigenvalue weighted by Gasteiger charge is -2.42. The fourth-order valence-electron chi connectivity index (χ4n) is 7.59. The summed E-state index contributed by atoms with van der Waals surface area (Å²) >= 11 is 0. The summed E-state index contributed by atoms with van der Waals surface area (Å²) in [6, 6.07) is 9.87. The number of benzene rings is 3. The van der Waals surface area contributed by atoms with Crippen LogP contribution in [0, 0.1) is 18.6 Å². The Bertz CT molecular complexity index is 2550. The van der Waals surface area contributed by atoms with Gasteiger partial charge in [-0.1, -0.05) is 11.6 Å². The molecule has 0 saturated carbocycles. The topological polar surface area (TPSA) is 178 Å². The van der Waals surface area contributed by atoms with E-state index in [9.17, 15) is 19.5 Å². The van der Waals surface area contributed by atoms with Gasteiger partial charge in [0, 0.05) is 62.2 Å². The number of aromatic nitrogens is 3. The van der Waals surface area contributed by atoms with Gasteiger partial charge in [-0.05, 0) is 56.7 Å². The lowest BCUT2D eigenvalue weighted by Crippen LogP contribution is -2.56. The first-order valence-corrected chi connectivity index (χ1v) is 18.5. The minimum Gasteiger partial charge on any atom is -0.493 e. The number of anilines is 3. The summed E-state index contributed by atoms with van der Waals surface area (Å²) in [5.74, 6) is -2.12. The number of piperazine rings is 1. The molecule has 0 aliphatic carbocycles. The molecule has 58 heavy (non-hydrogen) atoms. The molecule has 15 nitrogen and oxygen atoms in total. The number of nitrogens with two attached hydrogens (primary N) is 1. The van der Waals surface area contributed by atoms with Crippen molar-refractivity contribution in [3.63, 3.8) is 0 Å². The molecule has 2 aromatic heterocycles. The first-order chi connectivity index (χ1) is 27.8. The third kappa shape index (κ3) is 7.01. The molecule has 2 aliphatic heterocycles. The van der Waals surface area contributed by atoms with Gasteiger partial charge in [0.25, 0.3) is 11.9 Å². The molecule has 5 aromatic rings. The van der Waals surface area contributed by atoms with Crippen LogP contribution in [0.4, 0.5) is 31.9 Å². The number of carboxylic acids is 1. The maximum atomic E-state index is 16.2. The lowest BCUT2D eigenvalue weighted by atomic mass is 10.1. The number of hydrogen-bond acceptors (Lipinski definition) is 12. The predicted octanol–water partition coefficient (Wildman–Crippen LogP) is 4.93. The third-order valence-electron chi connectivity index (χ3n) is 10.6. The highest BCUT2D eigenvalue weighted by molar-refractivity contribution is 6.54. The Morgan fingerprint density at radius 2 is 1.78 bits per heavy atom. The van der Waals surface area contributed by atoms with Crippen molar-refractivity contribution < 1.29 is 37.7 Å². The van der Waals surface area contributed by atoms with E-state index in [1.165, 1.54) is 25.9 Å². The van der Waals surface area contributed by atoms with Gasteiger partial charge in [-0.3, -0.25) is 19.4 Å². The molecular formula is C41H42F2N8O7. The number of carbonyl (C=O) groups excluding carboxylic acids is 1. The summed E-state index contributed by atoms with van der Waals surface area (Å²) < 4.78 is 49.6. The number of aliphatic imine (C=N–C) groups is 1. The molecule has 0 spiro atoms. The number of carbonyl (C=O) groups is 2. The van der Waals surface area contributed by atoms with Crippen LogP contribution in [0.5, 0.6) is 17.2 Å². The number of ether oxygens (including phenoxy) is 3. The minimum atomic E-state index is -1.48. The van der Waals surface area contributed by atoms with E-state index in [0.717, 1.165) is 23.4 Å². The molecule has 1 saturated heterocycles. The number of fused-ring (bicyclic) bond motifs is 2. The monoisotopic (exact) mass is 796 g/mol. The number of aryl methyl sites for hydroxylation is 2. The normalized spacial score (nSPS) is 16.3. The first kappa shape index (κ1) is 39.6. The van der Waals surface area contributed by atoms with E-state index in [1.54, 1.807) is 22.9 Å². The van der Waals surface area contributed by atoms with Gasteiger partial charge < -0.3 is 34.5 Å². The quantitative estimate of drug-likeness (QED) is 0.185. The number of amides is 1. The molecule has 3 aromatic carbocycles. The van der Waals surface area contributed by atoms with E-state index in [4.69, 9.17) is 19.9 Å². The van der Waals surface area contributed by atoms with Crippen molar-refractivity contribution in [2.45, 2.75) is 39.8 Å². The van der Waals surface area contributed by atoms with Crippen LogP contribution in [-0.4, -0.2) is 95.8 Å². The average molecular weight is 797 g/mol. The van der Waals surface area contributed by atoms with Crippen LogP contribution in [-0.2, 0) is 17.8 Å². The zero-order chi connectivity index (χ0) is 41.6. The van der Waals surface area contributed by atoms with E-state index in [-0.39, 0.29) is 72.3 Å². The Balaban J connectivity index is 1.12. The smallest absolute Gasteiger partial charge is 0.341 e. The predicted molar refractivity (Wildman–Crippen MR) is 214 cm³/mol. The van der Waals surface area contributed by atoms with Crippen LogP contribution >= 0.6 is 0 Å². The molecule has 2 aliphatic rings. The molecule has 1 unspecified atom stereocenters. The fraction of sp³-hybridized carbons (Fsp3) is 0.317. The van der Waals surface area contributed by atoms with Crippen LogP contribution in [0.1, 0.15) is 46.5 Å². The number of rotatable bonds is 11. The number of nitrogens with zero attached hydrogens (tertiary/aromatic N) is 7. The van der Waals surface area contributed by atoms with Crippen LogP contribution in [0.15, 0.2) is 58.6 Å². The second-order valence-corrected chi connectivity index (χ2v) is 14.1. The van der Waals surface area contributed by atoms with Crippen molar-refractivity contribution in [2.75, 3.05) is 63.2 Å². The second kappa shape index (κ2) is 15.7. The number of pyridine rings is 1. The van der Waals surface area contributed by atoms with Gasteiger partial charge in [-0.2, -0.15) is 4.98 Å². The van der Waals surface area contributed by atoms with E-state index in [2.05, 4.69) is 15.0 Å². The molecule has 0 bridgehead atoms. The summed E-state index contributed by atoms with van der Waals surface area (Å²) in [5.41, 5.74) is 8.16. The van der Waals surface area contributed by atoms with E-state index in [0.29, 0.717) is 47.0 Å². The average Bonchev–Trinajstić information content (AvgIpc) is 3.44. The van der Waals surface area contributed by atoms with Crippen molar-refractivity contribution >= 4 is 51.6 Å². The van der Waals surface area contributed by atoms with E-state index >= 15 is 8.78 Å². The van der Waals surface area contributed by atoms with Crippen molar-refractivity contribution in [3.05, 3.63) is 98.5 Å². The van der Waals surface area contributed by atoms with Crippen molar-refractivity contribution in [1.29, 1.82) is 0 Å². The molecular weight excluding hydrogens is 754 g/mol. The molecule has 17 heteroatoms. The SMILES string of the molecule is CCn1cc(C(=O)O)c(=O)c2cc(F)c(N3CCN(CN4C(=O)/C(=N\c5ncc(Cc6cc(OC)c(OC)c(OC)c6)c(N)n5)c5cc(C)ccc54)C(C)C3)c(F)c21. The van der Waals surface area contributed by atoms with Gasteiger partial charge in [0.15, 0.2) is 17.3 Å². The van der Waals surface area contributed by atoms with Crippen LogP contribution < -0.4 is 35.2 Å². The molecule has 1 amide bonds. The number of hydrogen-bond donors (Lipinski definition) is 2. The Kier molecular flexibility index (Phi) is 10.7. The van der Waals surface area contributed by atoms with Crippen LogP contribution in [0.2, 0.25) is 0 Å². The number of nitrogen functional groups attached to an aromatic ring is 1. The molecule has 1 fully saturated rings. The molecule has 4 heterocycles. The zero-order valence-electron chi connectivity index (χ0n) is 32.8. The highest BCUT2D eigenvalue weighted by atomic mass is 19.1. The van der Waals surface area contributed by atoms with Gasteiger partial charge in [0.2, 0.25) is 11.2 Å². The second-order valence-electron chi connectivity index (χ2n) is 14.1. The van der Waals surface area contributed by atoms with Crippen molar-refractivity contribution in [2.24, 2.45) is 4.99 Å². The van der Waals surface area contributed by atoms with Crippen LogP contribution in [0.25, 0.3) is 10.9 Å². The van der Waals surface area contributed by atoms with Crippen molar-refractivity contribution in [1.82, 2.24) is 19.4 Å². The Labute approximate surface area is 331 Å². The molecule has 3 N–H and O–H groups in total. The standard InChI is InChI=1S/C41H42F2N8O7/c1-7-48-19-27(40(54)55)36(52)26-16-28(42)35(32(43)34(26)48)49-10-11-50(22(3)18-49)20-51-29-9-8-21(2)12-25(29)33(39(51)53)46-41-45-17-24(38(44)47-41)13-23-14-30(56-4)37(58-6)31(15-23)57-5/h8-9,12,14-17,19,22H,7,10-11,13,18,20H2,1-6H3,(H,54,55)(H2,44,45,47)/b46-33-. The summed E-state index contributed by atoms with van der Waals surface area (Å²) in [7, 11) is 4.59. The van der Waals surface area contributed by atoms with E-state index < -0.39 is 28.6 Å². The molecule has 7 rings (SSSR count). The Morgan fingerprint density at radius 1 is 1.05 bits per heavy atom. The lowest BCUT2D eigenvalue weighted by molar-refractivity contribution is -0.112. The number of halogens is 2. The van der Waals surface area contributed by atoms with E-state index in [1.807, 2.05) is 49.1 Å². The summed E-state index contributed by atoms with van der Waals surface area (Å²) in [4.78, 5) is 57.4. The summed E-state index contributed by atoms with van der Waals surface area (Å²) in [6.45, 7) is 6.53. The molecule has 302 valence electrons. The summed E-state index contributed by atoms with van der Waals surface area (Å²) in [6.07, 6.45) is 3.00. The van der Waals surface area contributed by atoms with Gasteiger partial charge >= 0.3 is 5.97 Å². The Hall–Kier alpha value is -6.62. The largest absolute Gasteiger partial charge is 0.493 e. The number of carboxylic acid groups (broad SMARTS) is 1. The highest BCUT2D eigenvalue weighted by Crippen LogP contribution is 2.39. The van der Waals surface area contributed by atoms with Gasteiger partial charge in [0.1, 0.15) is 28.6 Å². The molecule has 1 atom stereocenters. The van der Waals surface area contributed by atoms with Gasteiger partial charge in [-0.15, -0.1) is 0 Å².